The topological polar surface area (TPSA) is 37.3 Å². The third-order valence-electron chi connectivity index (χ3n) is 3.17. The molecule has 0 aliphatic carbocycles. The van der Waals surface area contributed by atoms with Gasteiger partial charge < -0.3 is 5.11 Å². The highest BCUT2D eigenvalue weighted by Crippen LogP contribution is 2.17. The second-order valence-corrected chi connectivity index (χ2v) is 4.64. The van der Waals surface area contributed by atoms with Crippen molar-refractivity contribution in [1.82, 2.24) is 0 Å². The minimum absolute atomic E-state index is 0.289. The van der Waals surface area contributed by atoms with Crippen molar-refractivity contribution in [3.05, 3.63) is 48.0 Å². The van der Waals surface area contributed by atoms with E-state index in [1.165, 1.54) is 16.3 Å². The van der Waals surface area contributed by atoms with Crippen molar-refractivity contribution >= 4 is 16.7 Å². The summed E-state index contributed by atoms with van der Waals surface area (Å²) in [6.07, 6.45) is 4.15. The normalized spacial score (nSPS) is 10.7. The Kier molecular flexibility index (Phi) is 4.35. The molecule has 2 aromatic rings. The van der Waals surface area contributed by atoms with Crippen LogP contribution in [-0.4, -0.2) is 11.1 Å². The molecule has 0 aliphatic heterocycles. The summed E-state index contributed by atoms with van der Waals surface area (Å²) in [6.45, 7) is 0. The first kappa shape index (κ1) is 12.6. The molecule has 0 fully saturated rings. The van der Waals surface area contributed by atoms with E-state index in [1.54, 1.807) is 0 Å². The summed E-state index contributed by atoms with van der Waals surface area (Å²) in [7, 11) is 0. The van der Waals surface area contributed by atoms with Crippen LogP contribution in [0.25, 0.3) is 10.8 Å². The predicted molar refractivity (Wildman–Crippen MR) is 73.8 cm³/mol. The highest BCUT2D eigenvalue weighted by Gasteiger charge is 1.99. The average Bonchev–Trinajstić information content (AvgIpc) is 2.38. The van der Waals surface area contributed by atoms with Crippen LogP contribution in [0.5, 0.6) is 0 Å². The fourth-order valence-electron chi connectivity index (χ4n) is 2.18. The number of unbranched alkanes of at least 4 members (excludes halogenated alkanes) is 2. The number of carboxylic acid groups (broad SMARTS) is 1. The van der Waals surface area contributed by atoms with Gasteiger partial charge in [-0.2, -0.15) is 0 Å². The molecular weight excluding hydrogens is 224 g/mol. The number of aliphatic carboxylic acids is 1. The number of rotatable bonds is 6. The van der Waals surface area contributed by atoms with Gasteiger partial charge >= 0.3 is 5.97 Å². The fraction of sp³-hybridized carbons (Fsp3) is 0.312. The van der Waals surface area contributed by atoms with Crippen LogP contribution in [0.4, 0.5) is 0 Å². The summed E-state index contributed by atoms with van der Waals surface area (Å²) in [5.74, 6) is -0.694. The van der Waals surface area contributed by atoms with Crippen LogP contribution in [0.2, 0.25) is 0 Å². The molecule has 2 rings (SSSR count). The van der Waals surface area contributed by atoms with Crippen molar-refractivity contribution in [2.45, 2.75) is 32.1 Å². The van der Waals surface area contributed by atoms with Gasteiger partial charge in [-0.1, -0.05) is 48.9 Å². The highest BCUT2D eigenvalue weighted by molar-refractivity contribution is 5.82. The molecule has 0 radical (unpaired) electrons. The monoisotopic (exact) mass is 242 g/mol. The van der Waals surface area contributed by atoms with Crippen molar-refractivity contribution in [1.29, 1.82) is 0 Å². The Morgan fingerprint density at radius 1 is 0.944 bits per heavy atom. The van der Waals surface area contributed by atoms with E-state index < -0.39 is 5.97 Å². The van der Waals surface area contributed by atoms with E-state index in [1.807, 2.05) is 6.07 Å². The van der Waals surface area contributed by atoms with Crippen LogP contribution in [-0.2, 0) is 11.2 Å². The average molecular weight is 242 g/mol. The molecule has 0 saturated carbocycles. The molecule has 94 valence electrons. The maximum absolute atomic E-state index is 10.4. The van der Waals surface area contributed by atoms with Gasteiger partial charge in [-0.25, -0.2) is 0 Å². The molecule has 0 spiro atoms. The molecule has 2 aromatic carbocycles. The highest BCUT2D eigenvalue weighted by atomic mass is 16.4. The molecule has 2 nitrogen and oxygen atoms in total. The van der Waals surface area contributed by atoms with Gasteiger partial charge in [0, 0.05) is 6.42 Å². The van der Waals surface area contributed by atoms with Crippen LogP contribution in [0, 0.1) is 0 Å². The maximum Gasteiger partial charge on any atom is 0.303 e. The van der Waals surface area contributed by atoms with E-state index in [-0.39, 0.29) is 6.42 Å². The number of benzene rings is 2. The smallest absolute Gasteiger partial charge is 0.303 e. The summed E-state index contributed by atoms with van der Waals surface area (Å²) in [6, 6.07) is 14.9. The van der Waals surface area contributed by atoms with Crippen LogP contribution < -0.4 is 0 Å². The summed E-state index contributed by atoms with van der Waals surface area (Å²) in [5, 5.41) is 11.1. The number of fused-ring (bicyclic) bond motifs is 1. The number of carbonyl (C=O) groups is 1. The Morgan fingerprint density at radius 2 is 1.72 bits per heavy atom. The summed E-state index contributed by atoms with van der Waals surface area (Å²) >= 11 is 0. The maximum atomic E-state index is 10.4. The van der Waals surface area contributed by atoms with Gasteiger partial charge in [0.2, 0.25) is 0 Å². The quantitative estimate of drug-likeness (QED) is 0.776. The first-order chi connectivity index (χ1) is 8.75. The Morgan fingerprint density at radius 3 is 2.50 bits per heavy atom. The van der Waals surface area contributed by atoms with Gasteiger partial charge in [-0.3, -0.25) is 4.79 Å². The van der Waals surface area contributed by atoms with Crippen LogP contribution in [0.3, 0.4) is 0 Å². The number of hydrogen-bond donors (Lipinski definition) is 1. The molecule has 0 heterocycles. The zero-order valence-corrected chi connectivity index (χ0v) is 10.4. The Labute approximate surface area is 107 Å². The zero-order valence-electron chi connectivity index (χ0n) is 10.4. The molecule has 2 heteroatoms. The minimum atomic E-state index is -0.694. The van der Waals surface area contributed by atoms with E-state index >= 15 is 0 Å². The van der Waals surface area contributed by atoms with Crippen LogP contribution in [0.1, 0.15) is 31.2 Å². The molecule has 18 heavy (non-hydrogen) atoms. The molecule has 0 unspecified atom stereocenters. The lowest BCUT2D eigenvalue weighted by molar-refractivity contribution is -0.137. The molecule has 0 amide bonds. The van der Waals surface area contributed by atoms with Crippen molar-refractivity contribution in [2.75, 3.05) is 0 Å². The van der Waals surface area contributed by atoms with E-state index in [9.17, 15) is 4.79 Å². The van der Waals surface area contributed by atoms with Crippen LogP contribution >= 0.6 is 0 Å². The molecular formula is C16H18O2. The molecule has 0 aliphatic rings. The van der Waals surface area contributed by atoms with E-state index in [0.29, 0.717) is 0 Å². The molecule has 1 N–H and O–H groups in total. The predicted octanol–water partition coefficient (Wildman–Crippen LogP) is 4.03. The van der Waals surface area contributed by atoms with Crippen LogP contribution in [0.15, 0.2) is 42.5 Å². The lowest BCUT2D eigenvalue weighted by atomic mass is 10.0. The molecule has 0 saturated heterocycles. The van der Waals surface area contributed by atoms with Gasteiger partial charge in [0.1, 0.15) is 0 Å². The fourth-order valence-corrected chi connectivity index (χ4v) is 2.18. The summed E-state index contributed by atoms with van der Waals surface area (Å²) < 4.78 is 0. The minimum Gasteiger partial charge on any atom is -0.481 e. The lowest BCUT2D eigenvalue weighted by Crippen LogP contribution is -1.94. The molecule has 0 atom stereocenters. The van der Waals surface area contributed by atoms with Gasteiger partial charge in [-0.05, 0) is 35.6 Å². The van der Waals surface area contributed by atoms with Gasteiger partial charge in [0.25, 0.3) is 0 Å². The van der Waals surface area contributed by atoms with Crippen molar-refractivity contribution in [3.8, 4) is 0 Å². The van der Waals surface area contributed by atoms with Gasteiger partial charge in [-0.15, -0.1) is 0 Å². The Balaban J connectivity index is 1.86. The summed E-state index contributed by atoms with van der Waals surface area (Å²) in [5.41, 5.74) is 1.34. The van der Waals surface area contributed by atoms with Crippen molar-refractivity contribution in [2.24, 2.45) is 0 Å². The van der Waals surface area contributed by atoms with Gasteiger partial charge in [0.15, 0.2) is 0 Å². The SMILES string of the molecule is O=C(O)CCCCCc1ccc2ccccc2c1. The molecule has 0 aromatic heterocycles. The number of aryl methyl sites for hydroxylation is 1. The number of carboxylic acids is 1. The first-order valence-corrected chi connectivity index (χ1v) is 6.45. The lowest BCUT2D eigenvalue weighted by Gasteiger charge is -2.03. The Hall–Kier alpha value is -1.83. The largest absolute Gasteiger partial charge is 0.481 e. The van der Waals surface area contributed by atoms with E-state index in [0.717, 1.165) is 25.7 Å². The second-order valence-electron chi connectivity index (χ2n) is 4.64. The third-order valence-corrected chi connectivity index (χ3v) is 3.17. The van der Waals surface area contributed by atoms with Gasteiger partial charge in [0.05, 0.1) is 0 Å². The number of hydrogen-bond acceptors (Lipinski definition) is 1. The second kappa shape index (κ2) is 6.20. The standard InChI is InChI=1S/C16H18O2/c17-16(18)9-3-1-2-6-13-10-11-14-7-4-5-8-15(14)12-13/h4-5,7-8,10-12H,1-3,6,9H2,(H,17,18). The zero-order chi connectivity index (χ0) is 12.8. The van der Waals surface area contributed by atoms with Crippen molar-refractivity contribution < 1.29 is 9.90 Å². The summed E-state index contributed by atoms with van der Waals surface area (Å²) in [4.78, 5) is 10.4. The van der Waals surface area contributed by atoms with E-state index in [4.69, 9.17) is 5.11 Å². The third kappa shape index (κ3) is 3.59. The first-order valence-electron chi connectivity index (χ1n) is 6.45. The molecule has 0 bridgehead atoms. The van der Waals surface area contributed by atoms with E-state index in [2.05, 4.69) is 36.4 Å². The Bertz CT molecular complexity index is 531. The van der Waals surface area contributed by atoms with Crippen molar-refractivity contribution in [3.63, 3.8) is 0 Å².